The number of hydrazone groups is 1. The number of hydrogen-bond donors (Lipinski definition) is 1. The van der Waals surface area contributed by atoms with Crippen molar-refractivity contribution in [3.63, 3.8) is 0 Å². The molecule has 0 spiro atoms. The first kappa shape index (κ1) is 17.9. The lowest BCUT2D eigenvalue weighted by atomic mass is 10.1. The molecule has 1 heterocycles. The summed E-state index contributed by atoms with van der Waals surface area (Å²) in [5.41, 5.74) is 6.59. The highest BCUT2D eigenvalue weighted by Gasteiger charge is 2.09. The van der Waals surface area contributed by atoms with Crippen molar-refractivity contribution in [1.29, 1.82) is 0 Å². The van der Waals surface area contributed by atoms with E-state index in [-0.39, 0.29) is 11.7 Å². The fraction of sp³-hybridized carbons (Fsp3) is 0.150. The Morgan fingerprint density at radius 1 is 1.19 bits per heavy atom. The highest BCUT2D eigenvalue weighted by molar-refractivity contribution is 7.99. The molecular formula is C20H20N4OS. The molecule has 0 atom stereocenters. The highest BCUT2D eigenvalue weighted by atomic mass is 32.2. The molecule has 0 saturated heterocycles. The van der Waals surface area contributed by atoms with Crippen molar-refractivity contribution in [3.05, 3.63) is 65.7 Å². The number of para-hydroxylation sites is 2. The molecule has 0 aliphatic rings. The third-order valence-corrected chi connectivity index (χ3v) is 4.76. The standard InChI is InChI=1S/C20H20N4OS/c1-15(12-16-8-4-3-5-9-16)13-21-23-19(25)14-26-20-22-17-10-6-7-11-18(17)24(20)2/h3-13H,14H2,1-2H3,(H,23,25)/b15-12+,21-13?. The van der Waals surface area contributed by atoms with E-state index < -0.39 is 0 Å². The molecule has 1 N–H and O–H groups in total. The summed E-state index contributed by atoms with van der Waals surface area (Å²) < 4.78 is 1.99. The molecule has 0 aliphatic heterocycles. The Kier molecular flexibility index (Phi) is 5.86. The number of carbonyl (C=O) groups excluding carboxylic acids is 1. The average molecular weight is 364 g/mol. The Hall–Kier alpha value is -2.86. The molecule has 1 aromatic heterocycles. The number of thioether (sulfide) groups is 1. The molecule has 0 unspecified atom stereocenters. The van der Waals surface area contributed by atoms with Crippen LogP contribution in [0.15, 0.2) is 70.4 Å². The van der Waals surface area contributed by atoms with E-state index in [2.05, 4.69) is 15.5 Å². The molecule has 26 heavy (non-hydrogen) atoms. The number of imidazole rings is 1. The number of allylic oxidation sites excluding steroid dienone is 1. The lowest BCUT2D eigenvalue weighted by Crippen LogP contribution is -2.19. The maximum absolute atomic E-state index is 12.0. The molecule has 1 amide bonds. The first-order valence-corrected chi connectivity index (χ1v) is 9.21. The summed E-state index contributed by atoms with van der Waals surface area (Å²) in [7, 11) is 1.95. The highest BCUT2D eigenvalue weighted by Crippen LogP contribution is 2.22. The number of fused-ring (bicyclic) bond motifs is 1. The van der Waals surface area contributed by atoms with Crippen LogP contribution in [0.1, 0.15) is 12.5 Å². The van der Waals surface area contributed by atoms with Crippen molar-refractivity contribution < 1.29 is 4.79 Å². The molecule has 0 fully saturated rings. The predicted molar refractivity (Wildman–Crippen MR) is 108 cm³/mol. The summed E-state index contributed by atoms with van der Waals surface area (Å²) in [5, 5.41) is 4.82. The summed E-state index contributed by atoms with van der Waals surface area (Å²) in [5.74, 6) is 0.0986. The van der Waals surface area contributed by atoms with Crippen LogP contribution in [0.3, 0.4) is 0 Å². The van der Waals surface area contributed by atoms with Gasteiger partial charge in [0.05, 0.1) is 23.0 Å². The number of nitrogens with zero attached hydrogens (tertiary/aromatic N) is 3. The summed E-state index contributed by atoms with van der Waals surface area (Å²) in [6, 6.07) is 17.9. The van der Waals surface area contributed by atoms with Crippen molar-refractivity contribution in [2.24, 2.45) is 12.1 Å². The minimum atomic E-state index is -0.161. The van der Waals surface area contributed by atoms with Gasteiger partial charge in [0.25, 0.3) is 5.91 Å². The summed E-state index contributed by atoms with van der Waals surface area (Å²) >= 11 is 1.39. The molecule has 6 heteroatoms. The fourth-order valence-corrected chi connectivity index (χ4v) is 3.25. The number of aryl methyl sites for hydroxylation is 1. The van der Waals surface area contributed by atoms with Gasteiger partial charge in [-0.15, -0.1) is 0 Å². The van der Waals surface area contributed by atoms with Gasteiger partial charge in [-0.2, -0.15) is 5.10 Å². The Morgan fingerprint density at radius 3 is 2.69 bits per heavy atom. The minimum absolute atomic E-state index is 0.161. The monoisotopic (exact) mass is 364 g/mol. The molecule has 3 rings (SSSR count). The molecule has 2 aromatic carbocycles. The first-order chi connectivity index (χ1) is 12.6. The number of nitrogens with one attached hydrogen (secondary N) is 1. The Morgan fingerprint density at radius 2 is 1.92 bits per heavy atom. The van der Waals surface area contributed by atoms with Crippen LogP contribution in [-0.2, 0) is 11.8 Å². The number of hydrogen-bond acceptors (Lipinski definition) is 4. The molecule has 0 saturated carbocycles. The van der Waals surface area contributed by atoms with Gasteiger partial charge in [0.2, 0.25) is 0 Å². The maximum Gasteiger partial charge on any atom is 0.250 e. The van der Waals surface area contributed by atoms with Crippen LogP contribution in [-0.4, -0.2) is 27.4 Å². The second-order valence-electron chi connectivity index (χ2n) is 5.82. The number of aromatic nitrogens is 2. The summed E-state index contributed by atoms with van der Waals surface area (Å²) in [4.78, 5) is 16.5. The van der Waals surface area contributed by atoms with Crippen LogP contribution in [0.25, 0.3) is 17.1 Å². The van der Waals surface area contributed by atoms with Crippen molar-refractivity contribution in [3.8, 4) is 0 Å². The van der Waals surface area contributed by atoms with Crippen LogP contribution in [0.4, 0.5) is 0 Å². The molecule has 5 nitrogen and oxygen atoms in total. The van der Waals surface area contributed by atoms with Crippen molar-refractivity contribution in [1.82, 2.24) is 15.0 Å². The van der Waals surface area contributed by atoms with Gasteiger partial charge in [-0.3, -0.25) is 4.79 Å². The van der Waals surface area contributed by atoms with Crippen LogP contribution in [0, 0.1) is 0 Å². The SMILES string of the molecule is C/C(C=NNC(=O)CSc1nc2ccccc2n1C)=C\c1ccccc1. The van der Waals surface area contributed by atoms with E-state index in [9.17, 15) is 4.79 Å². The van der Waals surface area contributed by atoms with E-state index in [0.717, 1.165) is 27.3 Å². The Labute approximate surface area is 156 Å². The molecule has 0 aliphatic carbocycles. The molecule has 132 valence electrons. The van der Waals surface area contributed by atoms with Crippen molar-refractivity contribution in [2.75, 3.05) is 5.75 Å². The lowest BCUT2D eigenvalue weighted by Gasteiger charge is -2.01. The van der Waals surface area contributed by atoms with Gasteiger partial charge < -0.3 is 4.57 Å². The van der Waals surface area contributed by atoms with E-state index in [1.54, 1.807) is 6.21 Å². The normalized spacial score (nSPS) is 12.0. The Balaban J connectivity index is 1.52. The zero-order valence-electron chi connectivity index (χ0n) is 14.7. The van der Waals surface area contributed by atoms with Gasteiger partial charge in [0.15, 0.2) is 5.16 Å². The summed E-state index contributed by atoms with van der Waals surface area (Å²) in [6.45, 7) is 1.94. The van der Waals surface area contributed by atoms with Crippen molar-refractivity contribution in [2.45, 2.75) is 12.1 Å². The Bertz CT molecular complexity index is 960. The second kappa shape index (κ2) is 8.49. The van der Waals surface area contributed by atoms with E-state index in [1.807, 2.05) is 79.2 Å². The lowest BCUT2D eigenvalue weighted by molar-refractivity contribution is -0.118. The van der Waals surface area contributed by atoms with Gasteiger partial charge in [0, 0.05) is 7.05 Å². The van der Waals surface area contributed by atoms with Gasteiger partial charge in [-0.05, 0) is 30.2 Å². The van der Waals surface area contributed by atoms with E-state index in [0.29, 0.717) is 0 Å². The quantitative estimate of drug-likeness (QED) is 0.410. The molecular weight excluding hydrogens is 344 g/mol. The van der Waals surface area contributed by atoms with E-state index >= 15 is 0 Å². The van der Waals surface area contributed by atoms with E-state index in [1.165, 1.54) is 11.8 Å². The second-order valence-corrected chi connectivity index (χ2v) is 6.77. The predicted octanol–water partition coefficient (Wildman–Crippen LogP) is 3.87. The van der Waals surface area contributed by atoms with Gasteiger partial charge in [-0.25, -0.2) is 10.4 Å². The first-order valence-electron chi connectivity index (χ1n) is 8.23. The van der Waals surface area contributed by atoms with Gasteiger partial charge in [0.1, 0.15) is 0 Å². The third-order valence-electron chi connectivity index (χ3n) is 3.73. The van der Waals surface area contributed by atoms with Gasteiger partial charge >= 0.3 is 0 Å². The van der Waals surface area contributed by atoms with E-state index in [4.69, 9.17) is 0 Å². The van der Waals surface area contributed by atoms with Crippen LogP contribution in [0.2, 0.25) is 0 Å². The molecule has 3 aromatic rings. The smallest absolute Gasteiger partial charge is 0.250 e. The fourth-order valence-electron chi connectivity index (χ4n) is 2.47. The van der Waals surface area contributed by atoms with Crippen molar-refractivity contribution >= 4 is 41.0 Å². The minimum Gasteiger partial charge on any atom is -0.322 e. The zero-order valence-corrected chi connectivity index (χ0v) is 15.5. The maximum atomic E-state index is 12.0. The molecule has 0 radical (unpaired) electrons. The van der Waals surface area contributed by atoms with Gasteiger partial charge in [-0.1, -0.05) is 60.3 Å². The topological polar surface area (TPSA) is 59.3 Å². The van der Waals surface area contributed by atoms with Crippen LogP contribution < -0.4 is 5.43 Å². The summed E-state index contributed by atoms with van der Waals surface area (Å²) in [6.07, 6.45) is 3.65. The van der Waals surface area contributed by atoms with Crippen LogP contribution in [0.5, 0.6) is 0 Å². The third kappa shape index (κ3) is 4.61. The number of amides is 1. The number of rotatable bonds is 6. The number of benzene rings is 2. The number of carbonyl (C=O) groups is 1. The van der Waals surface area contributed by atoms with Crippen LogP contribution >= 0.6 is 11.8 Å². The largest absolute Gasteiger partial charge is 0.322 e. The molecule has 0 bridgehead atoms. The zero-order chi connectivity index (χ0) is 18.4. The average Bonchev–Trinajstić information content (AvgIpc) is 2.97.